The lowest BCUT2D eigenvalue weighted by atomic mass is 10.2. The lowest BCUT2D eigenvalue weighted by Crippen LogP contribution is -2.09. The van der Waals surface area contributed by atoms with Gasteiger partial charge in [-0.1, -0.05) is 0 Å². The number of aromatic nitrogens is 5. The summed E-state index contributed by atoms with van der Waals surface area (Å²) in [5.41, 5.74) is 2.60. The van der Waals surface area contributed by atoms with Crippen LogP contribution in [-0.4, -0.2) is 30.9 Å². The Bertz CT molecular complexity index is 730. The summed E-state index contributed by atoms with van der Waals surface area (Å²) in [6.07, 6.45) is 7.04. The third-order valence-electron chi connectivity index (χ3n) is 3.21. The minimum absolute atomic E-state index is 0.0940. The van der Waals surface area contributed by atoms with Crippen LogP contribution in [0.3, 0.4) is 0 Å². The summed E-state index contributed by atoms with van der Waals surface area (Å²) in [4.78, 5) is 8.60. The fraction of sp³-hybridized carbons (Fsp3) is 0.286. The second kappa shape index (κ2) is 5.05. The zero-order chi connectivity index (χ0) is 14.1. The molecule has 0 bridgehead atoms. The summed E-state index contributed by atoms with van der Waals surface area (Å²) in [5.74, 6) is 0. The molecule has 0 N–H and O–H groups in total. The average Bonchev–Trinajstić information content (AvgIpc) is 3.07. The molecule has 3 aromatic rings. The van der Waals surface area contributed by atoms with E-state index in [-0.39, 0.29) is 6.23 Å². The highest BCUT2D eigenvalue weighted by Crippen LogP contribution is 2.26. The van der Waals surface area contributed by atoms with E-state index in [1.54, 1.807) is 21.8 Å². The lowest BCUT2D eigenvalue weighted by molar-refractivity contribution is 0.0160. The van der Waals surface area contributed by atoms with Gasteiger partial charge in [-0.2, -0.15) is 5.10 Å². The standard InChI is InChI=1S/C14H16N5O/c1-4-20-10(2)19-8-11(7-17-19)13-12-5-6-18(3)14(12)16-9-15-13/h5-10H,3-4H2,1-2H3. The van der Waals surface area contributed by atoms with Crippen molar-refractivity contribution < 1.29 is 4.74 Å². The monoisotopic (exact) mass is 270 g/mol. The van der Waals surface area contributed by atoms with Crippen molar-refractivity contribution in [2.24, 2.45) is 0 Å². The van der Waals surface area contributed by atoms with E-state index in [2.05, 4.69) is 22.1 Å². The van der Waals surface area contributed by atoms with Gasteiger partial charge in [0.2, 0.25) is 0 Å². The van der Waals surface area contributed by atoms with E-state index in [1.165, 1.54) is 0 Å². The fourth-order valence-electron chi connectivity index (χ4n) is 2.21. The molecule has 6 nitrogen and oxygen atoms in total. The molecule has 0 saturated carbocycles. The first kappa shape index (κ1) is 12.8. The van der Waals surface area contributed by atoms with Crippen molar-refractivity contribution in [3.8, 4) is 11.3 Å². The highest BCUT2D eigenvalue weighted by molar-refractivity contribution is 5.90. The molecule has 3 heterocycles. The van der Waals surface area contributed by atoms with Gasteiger partial charge in [0, 0.05) is 37.0 Å². The Morgan fingerprint density at radius 3 is 3.05 bits per heavy atom. The molecule has 0 fully saturated rings. The van der Waals surface area contributed by atoms with Gasteiger partial charge in [-0.3, -0.25) is 0 Å². The number of hydrogen-bond acceptors (Lipinski definition) is 4. The highest BCUT2D eigenvalue weighted by Gasteiger charge is 2.12. The Morgan fingerprint density at radius 1 is 1.40 bits per heavy atom. The quantitative estimate of drug-likeness (QED) is 0.731. The lowest BCUT2D eigenvalue weighted by Gasteiger charge is -2.11. The van der Waals surface area contributed by atoms with Crippen LogP contribution >= 0.6 is 0 Å². The molecule has 1 unspecified atom stereocenters. The van der Waals surface area contributed by atoms with E-state index in [1.807, 2.05) is 32.3 Å². The van der Waals surface area contributed by atoms with Gasteiger partial charge in [0.15, 0.2) is 0 Å². The molecule has 1 radical (unpaired) electrons. The number of ether oxygens (including phenoxy) is 1. The molecule has 1 atom stereocenters. The van der Waals surface area contributed by atoms with Crippen LogP contribution in [0.4, 0.5) is 0 Å². The minimum Gasteiger partial charge on any atom is -0.357 e. The summed E-state index contributed by atoms with van der Waals surface area (Å²) in [5, 5.41) is 5.30. The normalized spacial score (nSPS) is 12.9. The van der Waals surface area contributed by atoms with Crippen molar-refractivity contribution >= 4 is 11.0 Å². The second-order valence-corrected chi connectivity index (χ2v) is 4.51. The van der Waals surface area contributed by atoms with Crippen LogP contribution in [0.2, 0.25) is 0 Å². The predicted octanol–water partition coefficient (Wildman–Crippen LogP) is 2.49. The van der Waals surface area contributed by atoms with Crippen LogP contribution < -0.4 is 0 Å². The van der Waals surface area contributed by atoms with Gasteiger partial charge in [-0.05, 0) is 19.9 Å². The summed E-state index contributed by atoms with van der Waals surface area (Å²) in [6.45, 7) is 4.58. The zero-order valence-electron chi connectivity index (χ0n) is 11.5. The first-order valence-corrected chi connectivity index (χ1v) is 6.49. The zero-order valence-corrected chi connectivity index (χ0v) is 11.5. The molecule has 3 rings (SSSR count). The van der Waals surface area contributed by atoms with E-state index < -0.39 is 0 Å². The highest BCUT2D eigenvalue weighted by atomic mass is 16.5. The van der Waals surface area contributed by atoms with Crippen molar-refractivity contribution in [1.29, 1.82) is 0 Å². The Hall–Kier alpha value is -2.21. The van der Waals surface area contributed by atoms with Crippen molar-refractivity contribution in [2.45, 2.75) is 20.1 Å². The van der Waals surface area contributed by atoms with Crippen molar-refractivity contribution in [1.82, 2.24) is 24.3 Å². The molecule has 0 spiro atoms. The fourth-order valence-corrected chi connectivity index (χ4v) is 2.21. The molecule has 0 amide bonds. The third kappa shape index (κ3) is 2.08. The smallest absolute Gasteiger partial charge is 0.147 e. The maximum Gasteiger partial charge on any atom is 0.147 e. The topological polar surface area (TPSA) is 57.8 Å². The molecule has 6 heteroatoms. The largest absolute Gasteiger partial charge is 0.357 e. The molecule has 103 valence electrons. The summed E-state index contributed by atoms with van der Waals surface area (Å²) in [6, 6.07) is 1.96. The average molecular weight is 270 g/mol. The Morgan fingerprint density at radius 2 is 2.25 bits per heavy atom. The Labute approximate surface area is 117 Å². The maximum absolute atomic E-state index is 5.52. The molecular weight excluding hydrogens is 254 g/mol. The number of hydrogen-bond donors (Lipinski definition) is 0. The summed E-state index contributed by atoms with van der Waals surface area (Å²) in [7, 11) is 3.89. The van der Waals surface area contributed by atoms with Crippen LogP contribution in [0.1, 0.15) is 20.1 Å². The van der Waals surface area contributed by atoms with E-state index in [0.717, 1.165) is 22.3 Å². The van der Waals surface area contributed by atoms with Crippen LogP contribution in [0.15, 0.2) is 31.0 Å². The maximum atomic E-state index is 5.52. The van der Waals surface area contributed by atoms with Crippen LogP contribution in [0, 0.1) is 7.05 Å². The van der Waals surface area contributed by atoms with Crippen molar-refractivity contribution in [2.75, 3.05) is 6.61 Å². The number of nitrogens with zero attached hydrogens (tertiary/aromatic N) is 5. The van der Waals surface area contributed by atoms with Crippen molar-refractivity contribution in [3.05, 3.63) is 38.0 Å². The predicted molar refractivity (Wildman–Crippen MR) is 75.8 cm³/mol. The molecule has 0 aliphatic heterocycles. The molecule has 0 saturated heterocycles. The third-order valence-corrected chi connectivity index (χ3v) is 3.21. The molecule has 0 aliphatic carbocycles. The molecular formula is C14H16N5O. The molecule has 20 heavy (non-hydrogen) atoms. The van der Waals surface area contributed by atoms with E-state index in [9.17, 15) is 0 Å². The van der Waals surface area contributed by atoms with Gasteiger partial charge in [-0.15, -0.1) is 0 Å². The van der Waals surface area contributed by atoms with Gasteiger partial charge >= 0.3 is 0 Å². The Balaban J connectivity index is 2.03. The van der Waals surface area contributed by atoms with Gasteiger partial charge in [0.25, 0.3) is 0 Å². The van der Waals surface area contributed by atoms with E-state index >= 15 is 0 Å². The van der Waals surface area contributed by atoms with Crippen LogP contribution in [0.5, 0.6) is 0 Å². The first-order chi connectivity index (χ1) is 9.70. The molecule has 0 aliphatic rings. The van der Waals surface area contributed by atoms with Gasteiger partial charge in [-0.25, -0.2) is 14.6 Å². The summed E-state index contributed by atoms with van der Waals surface area (Å²) < 4.78 is 9.04. The second-order valence-electron chi connectivity index (χ2n) is 4.51. The first-order valence-electron chi connectivity index (χ1n) is 6.49. The molecule has 0 aromatic carbocycles. The van der Waals surface area contributed by atoms with Crippen LogP contribution in [-0.2, 0) is 4.74 Å². The van der Waals surface area contributed by atoms with Crippen molar-refractivity contribution in [3.63, 3.8) is 0 Å². The SMILES string of the molecule is [CH2]n1ccc2c(-c3cnn(C(C)OCC)c3)ncnc21. The van der Waals surface area contributed by atoms with Gasteiger partial charge < -0.3 is 9.30 Å². The minimum atomic E-state index is -0.0940. The van der Waals surface area contributed by atoms with E-state index in [0.29, 0.717) is 6.61 Å². The number of fused-ring (bicyclic) bond motifs is 1. The molecule has 3 aromatic heterocycles. The van der Waals surface area contributed by atoms with Crippen LogP contribution in [0.25, 0.3) is 22.3 Å². The van der Waals surface area contributed by atoms with Gasteiger partial charge in [0.05, 0.1) is 11.9 Å². The Kier molecular flexibility index (Phi) is 3.23. The summed E-state index contributed by atoms with van der Waals surface area (Å²) >= 11 is 0. The van der Waals surface area contributed by atoms with Gasteiger partial charge in [0.1, 0.15) is 18.2 Å². The van der Waals surface area contributed by atoms with E-state index in [4.69, 9.17) is 4.74 Å². The number of rotatable bonds is 4.